The molecule has 1 aromatic heterocycles. The van der Waals surface area contributed by atoms with E-state index >= 15 is 0 Å². The van der Waals surface area contributed by atoms with Gasteiger partial charge in [0.15, 0.2) is 5.13 Å². The highest BCUT2D eigenvalue weighted by Crippen LogP contribution is 2.23. The summed E-state index contributed by atoms with van der Waals surface area (Å²) in [5.74, 6) is 0. The van der Waals surface area contributed by atoms with Gasteiger partial charge in [-0.05, 0) is 32.0 Å². The monoisotopic (exact) mass is 286 g/mol. The van der Waals surface area contributed by atoms with Gasteiger partial charge < -0.3 is 10.2 Å². The molecule has 0 atom stereocenters. The maximum absolute atomic E-state index is 8.87. The van der Waals surface area contributed by atoms with Crippen LogP contribution in [0.25, 0.3) is 0 Å². The number of hydrogen-bond acceptors (Lipinski definition) is 5. The molecule has 5 heteroatoms. The Morgan fingerprint density at radius 3 is 2.85 bits per heavy atom. The van der Waals surface area contributed by atoms with Crippen molar-refractivity contribution in [2.75, 3.05) is 23.3 Å². The quantitative estimate of drug-likeness (QED) is 0.883. The first-order valence-corrected chi connectivity index (χ1v) is 7.52. The van der Waals surface area contributed by atoms with E-state index in [4.69, 9.17) is 5.26 Å². The standard InChI is InChI=1S/C15H18N4S/c1-3-19(4-2)15-18-11-14(20-15)10-17-13-7-5-6-12(8-13)9-16/h5-8,11,17H,3-4,10H2,1-2H3. The second kappa shape index (κ2) is 6.92. The first-order chi connectivity index (χ1) is 9.76. The van der Waals surface area contributed by atoms with Gasteiger partial charge in [-0.15, -0.1) is 11.3 Å². The molecule has 0 bridgehead atoms. The number of anilines is 2. The number of thiazole rings is 1. The van der Waals surface area contributed by atoms with E-state index in [9.17, 15) is 0 Å². The SMILES string of the molecule is CCN(CC)c1ncc(CNc2cccc(C#N)c2)s1. The minimum Gasteiger partial charge on any atom is -0.380 e. The van der Waals surface area contributed by atoms with Gasteiger partial charge in [0.25, 0.3) is 0 Å². The van der Waals surface area contributed by atoms with Crippen LogP contribution in [0, 0.1) is 11.3 Å². The normalized spacial score (nSPS) is 10.1. The van der Waals surface area contributed by atoms with Gasteiger partial charge >= 0.3 is 0 Å². The summed E-state index contributed by atoms with van der Waals surface area (Å²) in [5.41, 5.74) is 1.63. The molecule has 20 heavy (non-hydrogen) atoms. The predicted octanol–water partition coefficient (Wildman–Crippen LogP) is 3.47. The molecule has 0 aliphatic rings. The molecule has 1 heterocycles. The zero-order valence-electron chi connectivity index (χ0n) is 11.8. The summed E-state index contributed by atoms with van der Waals surface area (Å²) in [5, 5.41) is 13.3. The Hall–Kier alpha value is -2.06. The molecule has 4 nitrogen and oxygen atoms in total. The highest BCUT2D eigenvalue weighted by atomic mass is 32.1. The van der Waals surface area contributed by atoms with Gasteiger partial charge in [0.2, 0.25) is 0 Å². The lowest BCUT2D eigenvalue weighted by molar-refractivity contribution is 0.860. The zero-order valence-corrected chi connectivity index (χ0v) is 12.6. The molecule has 1 aromatic carbocycles. The third-order valence-corrected chi connectivity index (χ3v) is 4.09. The van der Waals surface area contributed by atoms with Crippen LogP contribution in [0.4, 0.5) is 10.8 Å². The summed E-state index contributed by atoms with van der Waals surface area (Å²) < 4.78 is 0. The first kappa shape index (κ1) is 14.4. The van der Waals surface area contributed by atoms with Crippen molar-refractivity contribution in [3.05, 3.63) is 40.9 Å². The number of rotatable bonds is 6. The fourth-order valence-electron chi connectivity index (χ4n) is 1.91. The highest BCUT2D eigenvalue weighted by molar-refractivity contribution is 7.15. The Balaban J connectivity index is 1.99. The van der Waals surface area contributed by atoms with Gasteiger partial charge in [0.05, 0.1) is 18.2 Å². The molecule has 0 aliphatic heterocycles. The van der Waals surface area contributed by atoms with E-state index in [2.05, 4.69) is 35.1 Å². The molecule has 2 aromatic rings. The molecule has 0 saturated heterocycles. The number of hydrogen-bond donors (Lipinski definition) is 1. The highest BCUT2D eigenvalue weighted by Gasteiger charge is 2.07. The maximum Gasteiger partial charge on any atom is 0.185 e. The lowest BCUT2D eigenvalue weighted by atomic mass is 10.2. The van der Waals surface area contributed by atoms with Gasteiger partial charge in [-0.3, -0.25) is 0 Å². The van der Waals surface area contributed by atoms with Crippen LogP contribution in [-0.2, 0) is 6.54 Å². The molecule has 0 spiro atoms. The largest absolute Gasteiger partial charge is 0.380 e. The predicted molar refractivity (Wildman–Crippen MR) is 84.2 cm³/mol. The van der Waals surface area contributed by atoms with Crippen molar-refractivity contribution in [1.29, 1.82) is 5.26 Å². The van der Waals surface area contributed by atoms with Crippen LogP contribution in [0.5, 0.6) is 0 Å². The maximum atomic E-state index is 8.87. The van der Waals surface area contributed by atoms with E-state index in [-0.39, 0.29) is 0 Å². The second-order valence-corrected chi connectivity index (χ2v) is 5.42. The summed E-state index contributed by atoms with van der Waals surface area (Å²) in [7, 11) is 0. The molecule has 0 unspecified atom stereocenters. The van der Waals surface area contributed by atoms with Crippen molar-refractivity contribution >= 4 is 22.2 Å². The van der Waals surface area contributed by atoms with Crippen molar-refractivity contribution < 1.29 is 0 Å². The minimum absolute atomic E-state index is 0.670. The fourth-order valence-corrected chi connectivity index (χ4v) is 2.88. The van der Waals surface area contributed by atoms with Crippen molar-refractivity contribution in [3.63, 3.8) is 0 Å². The van der Waals surface area contributed by atoms with Crippen LogP contribution in [0.2, 0.25) is 0 Å². The average Bonchev–Trinajstić information content (AvgIpc) is 2.95. The smallest absolute Gasteiger partial charge is 0.185 e. The van der Waals surface area contributed by atoms with E-state index in [1.165, 1.54) is 4.88 Å². The topological polar surface area (TPSA) is 52.0 Å². The number of aromatic nitrogens is 1. The molecular weight excluding hydrogens is 268 g/mol. The Bertz CT molecular complexity index is 596. The van der Waals surface area contributed by atoms with Crippen LogP contribution in [0.1, 0.15) is 24.3 Å². The Morgan fingerprint density at radius 2 is 2.15 bits per heavy atom. The Kier molecular flexibility index (Phi) is 4.97. The molecule has 1 N–H and O–H groups in total. The summed E-state index contributed by atoms with van der Waals surface area (Å²) in [6, 6.07) is 9.65. The summed E-state index contributed by atoms with van der Waals surface area (Å²) in [4.78, 5) is 7.89. The second-order valence-electron chi connectivity index (χ2n) is 4.33. The van der Waals surface area contributed by atoms with Crippen molar-refractivity contribution in [2.45, 2.75) is 20.4 Å². The third kappa shape index (κ3) is 3.49. The molecular formula is C15H18N4S. The molecule has 2 rings (SSSR count). The van der Waals surface area contributed by atoms with Crippen LogP contribution in [0.15, 0.2) is 30.5 Å². The third-order valence-electron chi connectivity index (χ3n) is 3.03. The number of benzene rings is 1. The fraction of sp³-hybridized carbons (Fsp3) is 0.333. The van der Waals surface area contributed by atoms with E-state index in [0.29, 0.717) is 5.56 Å². The summed E-state index contributed by atoms with van der Waals surface area (Å²) in [6.07, 6.45) is 1.92. The molecule has 0 fully saturated rings. The van der Waals surface area contributed by atoms with Gasteiger partial charge in [-0.2, -0.15) is 5.26 Å². The zero-order chi connectivity index (χ0) is 14.4. The van der Waals surface area contributed by atoms with E-state index < -0.39 is 0 Å². The van der Waals surface area contributed by atoms with Crippen LogP contribution < -0.4 is 10.2 Å². The Labute approximate surface area is 123 Å². The lowest BCUT2D eigenvalue weighted by Gasteiger charge is -2.16. The number of nitrogens with zero attached hydrogens (tertiary/aromatic N) is 3. The average molecular weight is 286 g/mol. The van der Waals surface area contributed by atoms with Crippen molar-refractivity contribution in [3.8, 4) is 6.07 Å². The van der Waals surface area contributed by atoms with E-state index in [1.807, 2.05) is 24.4 Å². The number of nitrogens with one attached hydrogen (secondary N) is 1. The van der Waals surface area contributed by atoms with Gasteiger partial charge in [-0.25, -0.2) is 4.98 Å². The summed E-state index contributed by atoms with van der Waals surface area (Å²) in [6.45, 7) is 6.95. The molecule has 0 amide bonds. The first-order valence-electron chi connectivity index (χ1n) is 6.70. The van der Waals surface area contributed by atoms with Gasteiger partial charge in [-0.1, -0.05) is 6.07 Å². The molecule has 0 radical (unpaired) electrons. The van der Waals surface area contributed by atoms with Crippen LogP contribution >= 0.6 is 11.3 Å². The van der Waals surface area contributed by atoms with Gasteiger partial charge in [0, 0.05) is 29.9 Å². The number of nitriles is 1. The van der Waals surface area contributed by atoms with E-state index in [0.717, 1.165) is 30.5 Å². The minimum atomic E-state index is 0.670. The Morgan fingerprint density at radius 1 is 1.35 bits per heavy atom. The van der Waals surface area contributed by atoms with Gasteiger partial charge in [0.1, 0.15) is 0 Å². The summed E-state index contributed by atoms with van der Waals surface area (Å²) >= 11 is 1.71. The van der Waals surface area contributed by atoms with Crippen molar-refractivity contribution in [2.24, 2.45) is 0 Å². The molecule has 0 saturated carbocycles. The van der Waals surface area contributed by atoms with Crippen LogP contribution in [-0.4, -0.2) is 18.1 Å². The van der Waals surface area contributed by atoms with Crippen molar-refractivity contribution in [1.82, 2.24) is 4.98 Å². The molecule has 0 aliphatic carbocycles. The lowest BCUT2D eigenvalue weighted by Crippen LogP contribution is -2.21. The molecule has 104 valence electrons. The van der Waals surface area contributed by atoms with E-state index in [1.54, 1.807) is 17.4 Å². The van der Waals surface area contributed by atoms with Crippen LogP contribution in [0.3, 0.4) is 0 Å².